The van der Waals surface area contributed by atoms with Crippen LogP contribution in [0.2, 0.25) is 0 Å². The zero-order valence-corrected chi connectivity index (χ0v) is 11.2. The first-order valence-corrected chi connectivity index (χ1v) is 6.83. The maximum absolute atomic E-state index is 12.8. The number of carbonyl (C=O) groups is 2. The SMILES string of the molecule is O=C(O)CCC1CCCN(C(=O)c2ccc(F)cc2)C1. The van der Waals surface area contributed by atoms with Gasteiger partial charge in [-0.3, -0.25) is 9.59 Å². The minimum atomic E-state index is -0.799. The zero-order chi connectivity index (χ0) is 14.5. The number of benzene rings is 1. The molecule has 0 radical (unpaired) electrons. The molecule has 1 amide bonds. The van der Waals surface area contributed by atoms with Crippen LogP contribution < -0.4 is 0 Å². The number of rotatable bonds is 4. The van der Waals surface area contributed by atoms with E-state index in [0.717, 1.165) is 12.8 Å². The van der Waals surface area contributed by atoms with Gasteiger partial charge in [0.15, 0.2) is 0 Å². The highest BCUT2D eigenvalue weighted by Crippen LogP contribution is 2.22. The van der Waals surface area contributed by atoms with Crippen molar-refractivity contribution in [2.75, 3.05) is 13.1 Å². The van der Waals surface area contributed by atoms with Crippen LogP contribution in [0, 0.1) is 11.7 Å². The van der Waals surface area contributed by atoms with Crippen LogP contribution in [0.4, 0.5) is 4.39 Å². The van der Waals surface area contributed by atoms with E-state index in [1.54, 1.807) is 4.90 Å². The summed E-state index contributed by atoms with van der Waals surface area (Å²) in [6.45, 7) is 1.27. The fraction of sp³-hybridized carbons (Fsp3) is 0.467. The van der Waals surface area contributed by atoms with Crippen molar-refractivity contribution < 1.29 is 19.1 Å². The molecule has 1 aromatic carbocycles. The zero-order valence-electron chi connectivity index (χ0n) is 11.2. The Labute approximate surface area is 117 Å². The van der Waals surface area contributed by atoms with E-state index < -0.39 is 5.97 Å². The summed E-state index contributed by atoms with van der Waals surface area (Å²) in [6, 6.07) is 5.52. The Morgan fingerprint density at radius 2 is 2.00 bits per heavy atom. The van der Waals surface area contributed by atoms with Crippen LogP contribution in [0.1, 0.15) is 36.0 Å². The summed E-state index contributed by atoms with van der Waals surface area (Å²) < 4.78 is 12.8. The van der Waals surface area contributed by atoms with E-state index in [1.165, 1.54) is 24.3 Å². The van der Waals surface area contributed by atoms with Gasteiger partial charge in [0, 0.05) is 25.1 Å². The van der Waals surface area contributed by atoms with Crippen molar-refractivity contribution in [2.24, 2.45) is 5.92 Å². The second-order valence-electron chi connectivity index (χ2n) is 5.20. The predicted octanol–water partition coefficient (Wildman–Crippen LogP) is 2.54. The van der Waals surface area contributed by atoms with Crippen molar-refractivity contribution in [3.63, 3.8) is 0 Å². The third kappa shape index (κ3) is 3.79. The Morgan fingerprint density at radius 1 is 1.30 bits per heavy atom. The number of hydrogen-bond acceptors (Lipinski definition) is 2. The van der Waals surface area contributed by atoms with Crippen LogP contribution in [0.15, 0.2) is 24.3 Å². The molecule has 1 aliphatic rings. The Balaban J connectivity index is 1.96. The van der Waals surface area contributed by atoms with Crippen molar-refractivity contribution in [1.29, 1.82) is 0 Å². The molecule has 1 saturated heterocycles. The molecule has 0 saturated carbocycles. The summed E-state index contributed by atoms with van der Waals surface area (Å²) >= 11 is 0. The lowest BCUT2D eigenvalue weighted by atomic mass is 9.93. The second-order valence-corrected chi connectivity index (χ2v) is 5.20. The molecule has 2 rings (SSSR count). The molecule has 1 aromatic rings. The molecular formula is C15H18FNO3. The minimum absolute atomic E-state index is 0.106. The van der Waals surface area contributed by atoms with Crippen LogP contribution in [-0.4, -0.2) is 35.0 Å². The third-order valence-electron chi connectivity index (χ3n) is 3.66. The van der Waals surface area contributed by atoms with Crippen LogP contribution >= 0.6 is 0 Å². The molecule has 20 heavy (non-hydrogen) atoms. The van der Waals surface area contributed by atoms with Gasteiger partial charge in [-0.2, -0.15) is 0 Å². The smallest absolute Gasteiger partial charge is 0.303 e. The van der Waals surface area contributed by atoms with Crippen LogP contribution in [0.5, 0.6) is 0 Å². The van der Waals surface area contributed by atoms with Crippen molar-refractivity contribution in [3.8, 4) is 0 Å². The largest absolute Gasteiger partial charge is 0.481 e. The molecule has 0 aromatic heterocycles. The van der Waals surface area contributed by atoms with Gasteiger partial charge in [-0.1, -0.05) is 0 Å². The van der Waals surface area contributed by atoms with Crippen molar-refractivity contribution in [1.82, 2.24) is 4.90 Å². The van der Waals surface area contributed by atoms with E-state index in [1.807, 2.05) is 0 Å². The third-order valence-corrected chi connectivity index (χ3v) is 3.66. The molecule has 1 unspecified atom stereocenters. The molecular weight excluding hydrogens is 261 g/mol. The van der Waals surface area contributed by atoms with Gasteiger partial charge in [0.1, 0.15) is 5.82 Å². The average molecular weight is 279 g/mol. The number of carboxylic acids is 1. The van der Waals surface area contributed by atoms with Gasteiger partial charge in [-0.15, -0.1) is 0 Å². The molecule has 108 valence electrons. The summed E-state index contributed by atoms with van der Waals surface area (Å²) in [6.07, 6.45) is 2.59. The molecule has 0 aliphatic carbocycles. The topological polar surface area (TPSA) is 57.6 Å². The lowest BCUT2D eigenvalue weighted by Gasteiger charge is -2.32. The first-order chi connectivity index (χ1) is 9.56. The summed E-state index contributed by atoms with van der Waals surface area (Å²) in [4.78, 5) is 24.6. The van der Waals surface area contributed by atoms with E-state index in [-0.39, 0.29) is 24.1 Å². The monoisotopic (exact) mass is 279 g/mol. The van der Waals surface area contributed by atoms with Crippen LogP contribution in [0.25, 0.3) is 0 Å². The van der Waals surface area contributed by atoms with Crippen molar-refractivity contribution >= 4 is 11.9 Å². The predicted molar refractivity (Wildman–Crippen MR) is 71.9 cm³/mol. The van der Waals surface area contributed by atoms with E-state index in [4.69, 9.17) is 5.11 Å². The maximum atomic E-state index is 12.8. The summed E-state index contributed by atoms with van der Waals surface area (Å²) in [5.74, 6) is -1.03. The van der Waals surface area contributed by atoms with Crippen LogP contribution in [-0.2, 0) is 4.79 Å². The van der Waals surface area contributed by atoms with E-state index in [2.05, 4.69) is 0 Å². The van der Waals surface area contributed by atoms with Gasteiger partial charge >= 0.3 is 5.97 Å². The number of likely N-dealkylation sites (tertiary alicyclic amines) is 1. The van der Waals surface area contributed by atoms with E-state index in [0.29, 0.717) is 25.1 Å². The van der Waals surface area contributed by atoms with Gasteiger partial charge < -0.3 is 10.0 Å². The molecule has 5 heteroatoms. The highest BCUT2D eigenvalue weighted by molar-refractivity contribution is 5.94. The lowest BCUT2D eigenvalue weighted by molar-refractivity contribution is -0.137. The van der Waals surface area contributed by atoms with E-state index >= 15 is 0 Å². The lowest BCUT2D eigenvalue weighted by Crippen LogP contribution is -2.40. The highest BCUT2D eigenvalue weighted by atomic mass is 19.1. The fourth-order valence-corrected chi connectivity index (χ4v) is 2.59. The minimum Gasteiger partial charge on any atom is -0.481 e. The number of hydrogen-bond donors (Lipinski definition) is 1. The quantitative estimate of drug-likeness (QED) is 0.921. The Hall–Kier alpha value is -1.91. The molecule has 1 heterocycles. The molecule has 1 fully saturated rings. The van der Waals surface area contributed by atoms with Crippen molar-refractivity contribution in [2.45, 2.75) is 25.7 Å². The standard InChI is InChI=1S/C15H18FNO3/c16-13-6-4-12(5-7-13)15(20)17-9-1-2-11(10-17)3-8-14(18)19/h4-7,11H,1-3,8-10H2,(H,18,19). The van der Waals surface area contributed by atoms with Gasteiger partial charge in [0.05, 0.1) is 0 Å². The number of carbonyl (C=O) groups excluding carboxylic acids is 1. The number of carboxylic acid groups (broad SMARTS) is 1. The summed E-state index contributed by atoms with van der Waals surface area (Å²) in [7, 11) is 0. The van der Waals surface area contributed by atoms with Gasteiger partial charge in [0.2, 0.25) is 0 Å². The van der Waals surface area contributed by atoms with Gasteiger partial charge in [-0.25, -0.2) is 4.39 Å². The molecule has 0 bridgehead atoms. The maximum Gasteiger partial charge on any atom is 0.303 e. The van der Waals surface area contributed by atoms with Crippen LogP contribution in [0.3, 0.4) is 0 Å². The van der Waals surface area contributed by atoms with Gasteiger partial charge in [-0.05, 0) is 49.4 Å². The summed E-state index contributed by atoms with van der Waals surface area (Å²) in [5.41, 5.74) is 0.477. The highest BCUT2D eigenvalue weighted by Gasteiger charge is 2.24. The molecule has 1 atom stereocenters. The Bertz CT molecular complexity index is 486. The number of piperidine rings is 1. The first-order valence-electron chi connectivity index (χ1n) is 6.83. The second kappa shape index (κ2) is 6.50. The summed E-state index contributed by atoms with van der Waals surface area (Å²) in [5, 5.41) is 8.71. The Kier molecular flexibility index (Phi) is 4.71. The molecule has 1 aliphatic heterocycles. The normalized spacial score (nSPS) is 18.9. The number of aliphatic carboxylic acids is 1. The fourth-order valence-electron chi connectivity index (χ4n) is 2.59. The number of halogens is 1. The number of amides is 1. The average Bonchev–Trinajstić information content (AvgIpc) is 2.45. The van der Waals surface area contributed by atoms with E-state index in [9.17, 15) is 14.0 Å². The Morgan fingerprint density at radius 3 is 2.65 bits per heavy atom. The van der Waals surface area contributed by atoms with Gasteiger partial charge in [0.25, 0.3) is 5.91 Å². The first kappa shape index (κ1) is 14.5. The molecule has 4 nitrogen and oxygen atoms in total. The van der Waals surface area contributed by atoms with Crippen molar-refractivity contribution in [3.05, 3.63) is 35.6 Å². The molecule has 0 spiro atoms. The molecule has 1 N–H and O–H groups in total. The number of nitrogens with zero attached hydrogens (tertiary/aromatic N) is 1.